The Morgan fingerprint density at radius 2 is 1.60 bits per heavy atom. The number of hydrogen-bond donors (Lipinski definition) is 7. The number of Topliss-reactive ketones (excluding diaryl/α,β-unsaturated/α-hetero) is 1. The number of ether oxygens (including phenoxy) is 12. The molecule has 2 amide bonds. The maximum Gasteiger partial charge on any atom is 0.411 e. The number of aliphatic hydroxyl groups excluding tert-OH is 4. The summed E-state index contributed by atoms with van der Waals surface area (Å²) < 4.78 is 72.7. The summed E-state index contributed by atoms with van der Waals surface area (Å²) in [6.45, 7) is 10.2. The first-order chi connectivity index (χ1) is 41.5. The van der Waals surface area contributed by atoms with E-state index in [0.29, 0.717) is 21.4 Å². The molecule has 4 aliphatic heterocycles. The molecule has 0 radical (unpaired) electrons. The highest BCUT2D eigenvalue weighted by Crippen LogP contribution is 2.49. The molecule has 87 heavy (non-hydrogen) atoms. The second-order valence-electron chi connectivity index (χ2n) is 20.8. The smallest absolute Gasteiger partial charge is 0.411 e. The van der Waals surface area contributed by atoms with Crippen molar-refractivity contribution in [1.82, 2.24) is 15.7 Å². The molecule has 0 saturated carbocycles. The molecule has 0 unspecified atom stereocenters. The lowest BCUT2D eigenvalue weighted by molar-refractivity contribution is -0.337. The number of carbonyl (C=O) groups is 4. The maximum atomic E-state index is 14.5. The van der Waals surface area contributed by atoms with Crippen LogP contribution in [0.15, 0.2) is 35.1 Å². The van der Waals surface area contributed by atoms with Gasteiger partial charge < -0.3 is 87.3 Å². The van der Waals surface area contributed by atoms with E-state index in [1.807, 2.05) is 35.8 Å². The molecule has 482 valence electrons. The Kier molecular flexibility index (Phi) is 26.3. The number of allylic oxidation sites excluding steroid dienone is 3. The number of hydroxylamine groups is 1. The zero-order valence-corrected chi connectivity index (χ0v) is 55.4. The van der Waals surface area contributed by atoms with Crippen molar-refractivity contribution in [2.45, 2.75) is 176 Å². The quantitative estimate of drug-likeness (QED) is 0.0287. The Morgan fingerprint density at radius 3 is 2.24 bits per heavy atom. The summed E-state index contributed by atoms with van der Waals surface area (Å²) in [5.74, 6) is 11.0. The van der Waals surface area contributed by atoms with Crippen LogP contribution in [0.4, 0.5) is 4.79 Å². The number of benzene rings is 1. The molecule has 2 aliphatic carbocycles. The van der Waals surface area contributed by atoms with Gasteiger partial charge in [0, 0.05) is 57.4 Å². The van der Waals surface area contributed by atoms with E-state index in [1.54, 1.807) is 38.7 Å². The Morgan fingerprint density at radius 1 is 0.885 bits per heavy atom. The number of rotatable bonds is 22. The highest BCUT2D eigenvalue weighted by Gasteiger charge is 2.52. The van der Waals surface area contributed by atoms with Crippen molar-refractivity contribution < 1.29 is 106 Å². The van der Waals surface area contributed by atoms with Crippen LogP contribution in [0.25, 0.3) is 0 Å². The number of amides is 2. The second kappa shape index (κ2) is 32.2. The van der Waals surface area contributed by atoms with Crippen molar-refractivity contribution >= 4 is 88.7 Å². The molecule has 1 aromatic carbocycles. The number of carbonyl (C=O) groups excluding carboxylic acids is 4. The normalized spacial score (nSPS) is 35.0. The fourth-order valence-electron chi connectivity index (χ4n) is 11.0. The average Bonchev–Trinajstić information content (AvgIpc) is 1.63. The van der Waals surface area contributed by atoms with E-state index in [-0.39, 0.29) is 65.0 Å². The largest absolute Gasteiger partial charge is 0.492 e. The van der Waals surface area contributed by atoms with Crippen LogP contribution in [0.3, 0.4) is 0 Å². The predicted octanol–water partition coefficient (Wildman–Crippen LogP) is 3.46. The van der Waals surface area contributed by atoms with Gasteiger partial charge in [0.15, 0.2) is 41.8 Å². The minimum absolute atomic E-state index is 0.0116. The number of likely N-dealkylation sites (N-methyl/N-ethyl adjacent to an activating group) is 1. The van der Waals surface area contributed by atoms with Gasteiger partial charge in [-0.2, -0.15) is 5.48 Å². The van der Waals surface area contributed by atoms with Gasteiger partial charge in [-0.3, -0.25) is 24.5 Å². The van der Waals surface area contributed by atoms with Crippen molar-refractivity contribution in [3.63, 3.8) is 0 Å². The van der Waals surface area contributed by atoms with Gasteiger partial charge in [0.25, 0.3) is 0 Å². The third kappa shape index (κ3) is 16.3. The first-order valence-corrected chi connectivity index (χ1v) is 33.8. The summed E-state index contributed by atoms with van der Waals surface area (Å²) in [6, 6.07) is -1.62. The molecule has 25 nitrogen and oxygen atoms in total. The SMILES string of the molecule is CCN(C(C)=O)[C@H]1CO[C@@H](O[C@H]2[C@H](O[C@H]3C#C/C=C\C#C[C@]4(O)CC(=O)C(NC(=O)OC)=C3/C4=C\CSSSC)O[C@H](C)[C@@H](NO[C@H]3C[C@H](O)[C@H](SC(=O)c4c(C)c(I)c(O[C@@H]5O[C@@H](C)[C@H](O)[C@@H](OC)[C@H]5O)c(OC)c4OC)[C@@H](C)O3)[C@@H]2O)C[C@@H]1OC. The third-order valence-corrected chi connectivity index (χ3v) is 21.8. The van der Waals surface area contributed by atoms with Crippen molar-refractivity contribution in [2.75, 3.05) is 60.7 Å². The van der Waals surface area contributed by atoms with E-state index in [4.69, 9.17) is 61.7 Å². The number of nitrogens with zero attached hydrogens (tertiary/aromatic N) is 1. The monoisotopic (exact) mass is 1410 g/mol. The Hall–Kier alpha value is -3.43. The zero-order valence-electron chi connectivity index (χ0n) is 50.0. The van der Waals surface area contributed by atoms with Gasteiger partial charge in [0.2, 0.25) is 23.1 Å². The van der Waals surface area contributed by atoms with Crippen LogP contribution in [0, 0.1) is 34.2 Å². The Balaban J connectivity index is 1.14. The number of halogens is 1. The van der Waals surface area contributed by atoms with Crippen LogP contribution < -0.4 is 25.0 Å². The summed E-state index contributed by atoms with van der Waals surface area (Å²) in [5, 5.41) is 59.4. The maximum absolute atomic E-state index is 14.5. The molecule has 6 aliphatic rings. The van der Waals surface area contributed by atoms with Crippen LogP contribution in [-0.2, 0) is 57.1 Å². The van der Waals surface area contributed by atoms with Crippen LogP contribution in [0.2, 0.25) is 0 Å². The van der Waals surface area contributed by atoms with E-state index in [0.717, 1.165) is 18.9 Å². The predicted molar refractivity (Wildman–Crippen MR) is 329 cm³/mol. The lowest BCUT2D eigenvalue weighted by Gasteiger charge is -2.47. The van der Waals surface area contributed by atoms with E-state index in [2.05, 4.69) is 34.5 Å². The molecule has 2 bridgehead atoms. The van der Waals surface area contributed by atoms with Gasteiger partial charge in [0.1, 0.15) is 36.6 Å². The number of alkyl carbamates (subject to hydrolysis) is 1. The number of aliphatic hydroxyl groups is 5. The van der Waals surface area contributed by atoms with E-state index in [9.17, 15) is 44.7 Å². The molecular weight excluding hydrogens is 1330 g/mol. The summed E-state index contributed by atoms with van der Waals surface area (Å²) in [6.07, 6.45) is -12.9. The van der Waals surface area contributed by atoms with Gasteiger partial charge in [-0.25, -0.2) is 4.79 Å². The minimum atomic E-state index is -2.08. The zero-order chi connectivity index (χ0) is 63.6. The highest BCUT2D eigenvalue weighted by molar-refractivity contribution is 14.1. The van der Waals surface area contributed by atoms with Crippen molar-refractivity contribution in [3.8, 4) is 40.9 Å². The van der Waals surface area contributed by atoms with Crippen molar-refractivity contribution in [1.29, 1.82) is 0 Å². The van der Waals surface area contributed by atoms with Gasteiger partial charge in [0.05, 0.1) is 97.0 Å². The number of hydrogen-bond acceptors (Lipinski definition) is 27. The van der Waals surface area contributed by atoms with Crippen molar-refractivity contribution in [3.05, 3.63) is 49.8 Å². The first-order valence-electron chi connectivity index (χ1n) is 27.7. The number of ketones is 1. The molecule has 30 heteroatoms. The van der Waals surface area contributed by atoms with E-state index < -0.39 is 139 Å². The number of thioether (sulfide) groups is 1. The number of nitrogens with one attached hydrogen (secondary N) is 2. The average molecular weight is 1410 g/mol. The molecule has 7 N–H and O–H groups in total. The van der Waals surface area contributed by atoms with E-state index in [1.165, 1.54) is 78.9 Å². The molecule has 4 saturated heterocycles. The number of fused-ring (bicyclic) bond motifs is 2. The molecule has 19 atom stereocenters. The lowest BCUT2D eigenvalue weighted by atomic mass is 9.75. The molecule has 1 aromatic rings. The Labute approximate surface area is 534 Å². The lowest BCUT2D eigenvalue weighted by Crippen LogP contribution is -2.65. The molecule has 4 heterocycles. The summed E-state index contributed by atoms with van der Waals surface area (Å²) in [7, 11) is 11.1. The van der Waals surface area contributed by atoms with Crippen LogP contribution in [0.5, 0.6) is 17.2 Å². The van der Waals surface area contributed by atoms with Gasteiger partial charge in [-0.1, -0.05) is 63.1 Å². The Bertz CT molecular complexity index is 2860. The van der Waals surface area contributed by atoms with Crippen molar-refractivity contribution in [2.24, 2.45) is 0 Å². The third-order valence-electron chi connectivity index (χ3n) is 15.4. The molecular formula is C57H76IN3O22S4. The van der Waals surface area contributed by atoms with Crippen LogP contribution >= 0.6 is 65.8 Å². The minimum Gasteiger partial charge on any atom is -0.492 e. The summed E-state index contributed by atoms with van der Waals surface area (Å²) in [5.41, 5.74) is 1.15. The van der Waals surface area contributed by atoms with Gasteiger partial charge in [-0.15, -0.1) is 0 Å². The second-order valence-corrected chi connectivity index (χ2v) is 27.4. The van der Waals surface area contributed by atoms with E-state index >= 15 is 0 Å². The fraction of sp³-hybridized carbons (Fsp3) is 0.649. The molecule has 0 aromatic heterocycles. The van der Waals surface area contributed by atoms with Crippen LogP contribution in [-0.4, -0.2) is 229 Å². The summed E-state index contributed by atoms with van der Waals surface area (Å²) in [4.78, 5) is 62.0. The first kappa shape index (κ1) is 71.0. The highest BCUT2D eigenvalue weighted by atomic mass is 127. The molecule has 4 fully saturated rings. The fourth-order valence-corrected chi connectivity index (χ4v) is 15.2. The standard InChI is InChI=1S/C57H76IN3O22S4/c1-13-61(30(6)62)32-25-76-37(23-36(32)71-7)81-50-45(66)42(27(3)78-55(50)80-35-18-16-14-15-17-20-57(70)24-34(64)43(59-56(69)75-11)40(35)31(57)19-21-85-87-84-12)60-83-38-22-33(63)52(29(5)77-38)86-53(68)39-26(2)41(58)48(51(74-10)47(39)72-8)82-54-46(67)49(73-9)44(65)28(4)79-54/h14-15,19,27-29,32-33,35-38,42,44-46,49-50,52,54-55,60,63,65-67,70H,13,21-25H2,1-12H3,(H,59,69)/b15-14-,31-19+/t27-,28+,29-,32+,33+,35+,36+,37+,38+,42-,44+,45+,46-,49-,50-,52-,54+,55+,57+/m1/s1. The van der Waals surface area contributed by atoms with Crippen LogP contribution in [0.1, 0.15) is 69.8 Å². The summed E-state index contributed by atoms with van der Waals surface area (Å²) >= 11 is 2.80. The van der Waals surface area contributed by atoms with Gasteiger partial charge >= 0.3 is 6.09 Å². The molecule has 7 rings (SSSR count). The van der Waals surface area contributed by atoms with Gasteiger partial charge in [-0.05, 0) is 91.0 Å². The topological polar surface area (TPSA) is 317 Å². The number of methoxy groups -OCH3 is 5. The molecule has 0 spiro atoms.